The predicted molar refractivity (Wildman–Crippen MR) is 135 cm³/mol. The van der Waals surface area contributed by atoms with Gasteiger partial charge in [-0.15, -0.1) is 0 Å². The maximum Gasteiger partial charge on any atom is 0.329 e. The molecule has 3 amide bonds. The van der Waals surface area contributed by atoms with E-state index in [1.165, 1.54) is 30.5 Å². The summed E-state index contributed by atoms with van der Waals surface area (Å²) >= 11 is 3.34. The molecule has 0 aliphatic heterocycles. The smallest absolute Gasteiger partial charge is 0.329 e. The van der Waals surface area contributed by atoms with Crippen molar-refractivity contribution in [3.63, 3.8) is 0 Å². The summed E-state index contributed by atoms with van der Waals surface area (Å²) in [4.78, 5) is 36.5. The lowest BCUT2D eigenvalue weighted by Crippen LogP contribution is -2.32. The highest BCUT2D eigenvalue weighted by Crippen LogP contribution is 2.22. The summed E-state index contributed by atoms with van der Waals surface area (Å²) in [6.07, 6.45) is 1.99. The van der Waals surface area contributed by atoms with Gasteiger partial charge in [0.05, 0.1) is 6.21 Å². The van der Waals surface area contributed by atoms with Crippen LogP contribution < -0.4 is 20.8 Å². The van der Waals surface area contributed by atoms with E-state index >= 15 is 0 Å². The quantitative estimate of drug-likeness (QED) is 0.225. The lowest BCUT2D eigenvalue weighted by atomic mass is 10.1. The van der Waals surface area contributed by atoms with Crippen LogP contribution in [0.3, 0.4) is 0 Å². The van der Waals surface area contributed by atoms with Gasteiger partial charge >= 0.3 is 11.8 Å². The van der Waals surface area contributed by atoms with Gasteiger partial charge in [-0.05, 0) is 60.5 Å². The molecule has 3 N–H and O–H groups in total. The molecular formula is C25H22BrFN4O4. The van der Waals surface area contributed by atoms with Gasteiger partial charge in [-0.2, -0.15) is 5.10 Å². The fourth-order valence-corrected chi connectivity index (χ4v) is 3.34. The van der Waals surface area contributed by atoms with Crippen molar-refractivity contribution in [1.82, 2.24) is 5.43 Å². The number of para-hydroxylation sites is 1. The first-order valence-corrected chi connectivity index (χ1v) is 11.3. The van der Waals surface area contributed by atoms with Crippen LogP contribution in [0.4, 0.5) is 15.8 Å². The Morgan fingerprint density at radius 2 is 1.74 bits per heavy atom. The minimum absolute atomic E-state index is 0.314. The van der Waals surface area contributed by atoms with E-state index in [9.17, 15) is 18.8 Å². The van der Waals surface area contributed by atoms with E-state index in [1.54, 1.807) is 30.3 Å². The van der Waals surface area contributed by atoms with Crippen molar-refractivity contribution in [2.75, 3.05) is 17.2 Å². The molecule has 35 heavy (non-hydrogen) atoms. The maximum atomic E-state index is 13.0. The standard InChI is InChI=1S/C25H22BrFN4O4/c1-2-16-5-3-4-6-21(16)30-24(33)25(34)31-28-14-17-13-18(26)7-12-22(17)35-15-23(32)29-20-10-8-19(27)9-11-20/h3-14H,2,15H2,1H3,(H,29,32)(H,30,33)(H,31,34)/b28-14-. The Balaban J connectivity index is 1.58. The molecule has 0 atom stereocenters. The fraction of sp³-hybridized carbons (Fsp3) is 0.120. The number of carbonyl (C=O) groups excluding carboxylic acids is 3. The number of hydrogen-bond acceptors (Lipinski definition) is 5. The minimum Gasteiger partial charge on any atom is -0.483 e. The first-order valence-electron chi connectivity index (χ1n) is 10.6. The number of hydrogen-bond donors (Lipinski definition) is 3. The van der Waals surface area contributed by atoms with Crippen LogP contribution in [0.1, 0.15) is 18.1 Å². The van der Waals surface area contributed by atoms with E-state index in [2.05, 4.69) is 37.1 Å². The van der Waals surface area contributed by atoms with Gasteiger partial charge in [0.2, 0.25) is 0 Å². The molecule has 0 aliphatic rings. The Hall–Kier alpha value is -4.05. The average molecular weight is 541 g/mol. The number of rotatable bonds is 8. The molecule has 10 heteroatoms. The van der Waals surface area contributed by atoms with Gasteiger partial charge in [-0.25, -0.2) is 9.82 Å². The molecule has 8 nitrogen and oxygen atoms in total. The molecule has 3 aromatic rings. The normalized spacial score (nSPS) is 10.6. The zero-order valence-corrected chi connectivity index (χ0v) is 20.3. The number of hydrazone groups is 1. The third kappa shape index (κ3) is 7.75. The number of nitrogens with zero attached hydrogens (tertiary/aromatic N) is 1. The van der Waals surface area contributed by atoms with Crippen molar-refractivity contribution in [1.29, 1.82) is 0 Å². The van der Waals surface area contributed by atoms with Crippen LogP contribution in [0.5, 0.6) is 5.75 Å². The molecule has 0 aliphatic carbocycles. The van der Waals surface area contributed by atoms with Crippen LogP contribution >= 0.6 is 15.9 Å². The predicted octanol–water partition coefficient (Wildman–Crippen LogP) is 4.26. The Labute approximate surface area is 209 Å². The molecule has 0 unspecified atom stereocenters. The van der Waals surface area contributed by atoms with Crippen LogP contribution in [0.2, 0.25) is 0 Å². The lowest BCUT2D eigenvalue weighted by Gasteiger charge is -2.10. The number of ether oxygens (including phenoxy) is 1. The first-order chi connectivity index (χ1) is 16.9. The van der Waals surface area contributed by atoms with E-state index < -0.39 is 23.5 Å². The maximum absolute atomic E-state index is 13.0. The van der Waals surface area contributed by atoms with Crippen molar-refractivity contribution in [3.8, 4) is 5.75 Å². The van der Waals surface area contributed by atoms with E-state index in [0.29, 0.717) is 33.6 Å². The molecular weight excluding hydrogens is 519 g/mol. The molecule has 0 fully saturated rings. The van der Waals surface area contributed by atoms with Crippen molar-refractivity contribution in [2.24, 2.45) is 5.10 Å². The summed E-state index contributed by atoms with van der Waals surface area (Å²) in [5.74, 6) is -2.33. The van der Waals surface area contributed by atoms with Gasteiger partial charge < -0.3 is 15.4 Å². The number of nitrogens with one attached hydrogen (secondary N) is 3. The van der Waals surface area contributed by atoms with Crippen molar-refractivity contribution < 1.29 is 23.5 Å². The second kappa shape index (κ2) is 12.4. The van der Waals surface area contributed by atoms with Crippen LogP contribution in [0.25, 0.3) is 0 Å². The fourth-order valence-electron chi connectivity index (χ4n) is 2.97. The van der Waals surface area contributed by atoms with Crippen molar-refractivity contribution in [3.05, 3.63) is 88.1 Å². The van der Waals surface area contributed by atoms with Gasteiger partial charge in [-0.3, -0.25) is 14.4 Å². The number of carbonyl (C=O) groups is 3. The number of benzene rings is 3. The molecule has 0 bridgehead atoms. The Bertz CT molecular complexity index is 1250. The van der Waals surface area contributed by atoms with E-state index in [-0.39, 0.29) is 6.61 Å². The van der Waals surface area contributed by atoms with Crippen molar-refractivity contribution >= 4 is 51.2 Å². The van der Waals surface area contributed by atoms with E-state index in [4.69, 9.17) is 4.74 Å². The molecule has 0 aromatic heterocycles. The summed E-state index contributed by atoms with van der Waals surface area (Å²) in [6.45, 7) is 1.63. The summed E-state index contributed by atoms with van der Waals surface area (Å²) < 4.78 is 19.3. The molecule has 0 saturated heterocycles. The highest BCUT2D eigenvalue weighted by molar-refractivity contribution is 9.10. The largest absolute Gasteiger partial charge is 0.483 e. The number of halogens is 2. The Kier molecular flexibility index (Phi) is 9.08. The molecule has 0 heterocycles. The van der Waals surface area contributed by atoms with E-state index in [1.807, 2.05) is 19.1 Å². The van der Waals surface area contributed by atoms with Crippen LogP contribution in [-0.4, -0.2) is 30.5 Å². The minimum atomic E-state index is -0.941. The highest BCUT2D eigenvalue weighted by Gasteiger charge is 2.14. The summed E-state index contributed by atoms with van der Waals surface area (Å²) in [6, 6.07) is 17.5. The lowest BCUT2D eigenvalue weighted by molar-refractivity contribution is -0.136. The summed E-state index contributed by atoms with van der Waals surface area (Å²) in [7, 11) is 0. The Morgan fingerprint density at radius 3 is 2.49 bits per heavy atom. The molecule has 3 aromatic carbocycles. The number of amides is 3. The third-order valence-electron chi connectivity index (χ3n) is 4.68. The second-order valence-corrected chi connectivity index (χ2v) is 8.11. The van der Waals surface area contributed by atoms with Crippen LogP contribution in [-0.2, 0) is 20.8 Å². The zero-order chi connectivity index (χ0) is 25.2. The molecule has 0 saturated carbocycles. The van der Waals surface area contributed by atoms with Gasteiger partial charge in [0.1, 0.15) is 11.6 Å². The Morgan fingerprint density at radius 1 is 1.00 bits per heavy atom. The number of aryl methyl sites for hydroxylation is 1. The number of anilines is 2. The highest BCUT2D eigenvalue weighted by atomic mass is 79.9. The molecule has 0 spiro atoms. The summed E-state index contributed by atoms with van der Waals surface area (Å²) in [5, 5.41) is 8.99. The second-order valence-electron chi connectivity index (χ2n) is 7.19. The third-order valence-corrected chi connectivity index (χ3v) is 5.17. The van der Waals surface area contributed by atoms with Crippen LogP contribution in [0, 0.1) is 5.82 Å². The van der Waals surface area contributed by atoms with Gasteiger partial charge in [0, 0.05) is 21.4 Å². The summed E-state index contributed by atoms with van der Waals surface area (Å²) in [5.41, 5.74) is 4.51. The van der Waals surface area contributed by atoms with E-state index in [0.717, 1.165) is 5.56 Å². The SMILES string of the molecule is CCc1ccccc1NC(=O)C(=O)N/N=C\c1cc(Br)ccc1OCC(=O)Nc1ccc(F)cc1. The molecule has 3 rings (SSSR count). The molecule has 180 valence electrons. The van der Waals surface area contributed by atoms with Gasteiger partial charge in [0.25, 0.3) is 5.91 Å². The van der Waals surface area contributed by atoms with Gasteiger partial charge in [-0.1, -0.05) is 41.1 Å². The molecule has 0 radical (unpaired) electrons. The van der Waals surface area contributed by atoms with Gasteiger partial charge in [0.15, 0.2) is 6.61 Å². The zero-order valence-electron chi connectivity index (χ0n) is 18.7. The monoisotopic (exact) mass is 540 g/mol. The topological polar surface area (TPSA) is 109 Å². The first kappa shape index (κ1) is 25.6. The average Bonchev–Trinajstić information content (AvgIpc) is 2.85. The van der Waals surface area contributed by atoms with Crippen LogP contribution in [0.15, 0.2) is 76.3 Å². The van der Waals surface area contributed by atoms with Crippen molar-refractivity contribution in [2.45, 2.75) is 13.3 Å².